The summed E-state index contributed by atoms with van der Waals surface area (Å²) in [6, 6.07) is 2.41. The lowest BCUT2D eigenvalue weighted by molar-refractivity contribution is -0.139. The van der Waals surface area contributed by atoms with Gasteiger partial charge in [-0.05, 0) is 30.7 Å². The maximum atomic E-state index is 11.8. The molecule has 6 heteroatoms. The quantitative estimate of drug-likeness (QED) is 0.751. The van der Waals surface area contributed by atoms with Crippen LogP contribution >= 0.6 is 11.3 Å². The highest BCUT2D eigenvalue weighted by molar-refractivity contribution is 7.10. The van der Waals surface area contributed by atoms with E-state index >= 15 is 0 Å². The Kier molecular flexibility index (Phi) is 5.82. The molecular weight excluding hydrogens is 264 g/mol. The molecule has 106 valence electrons. The second kappa shape index (κ2) is 7.13. The summed E-state index contributed by atoms with van der Waals surface area (Å²) in [4.78, 5) is 23.8. The highest BCUT2D eigenvalue weighted by Gasteiger charge is 2.21. The number of rotatable bonds is 6. The third-order valence-corrected chi connectivity index (χ3v) is 3.68. The molecule has 1 rings (SSSR count). The molecular formula is C13H20N2O3S. The number of thiophene rings is 1. The zero-order valence-corrected chi connectivity index (χ0v) is 12.2. The maximum Gasteiger partial charge on any atom is 0.326 e. The van der Waals surface area contributed by atoms with Crippen LogP contribution in [0.1, 0.15) is 38.1 Å². The molecule has 3 N–H and O–H groups in total. The van der Waals surface area contributed by atoms with Crippen LogP contribution in [0.2, 0.25) is 0 Å². The van der Waals surface area contributed by atoms with Crippen LogP contribution in [0.3, 0.4) is 0 Å². The van der Waals surface area contributed by atoms with Crippen molar-refractivity contribution in [1.29, 1.82) is 0 Å². The normalized spacial score (nSPS) is 13.9. The van der Waals surface area contributed by atoms with Gasteiger partial charge in [0.2, 0.25) is 0 Å². The summed E-state index contributed by atoms with van der Waals surface area (Å²) >= 11 is 1.55. The first-order valence-electron chi connectivity index (χ1n) is 6.23. The van der Waals surface area contributed by atoms with E-state index in [1.54, 1.807) is 11.3 Å². The molecule has 5 nitrogen and oxygen atoms in total. The molecule has 0 radical (unpaired) electrons. The van der Waals surface area contributed by atoms with Gasteiger partial charge in [-0.25, -0.2) is 9.59 Å². The molecule has 1 unspecified atom stereocenters. The number of nitrogens with one attached hydrogen (secondary N) is 2. The van der Waals surface area contributed by atoms with Crippen molar-refractivity contribution < 1.29 is 14.7 Å². The van der Waals surface area contributed by atoms with Crippen molar-refractivity contribution in [3.05, 3.63) is 22.4 Å². The second-order valence-corrected chi connectivity index (χ2v) is 5.85. The molecule has 0 aliphatic carbocycles. The molecule has 0 bridgehead atoms. The summed E-state index contributed by atoms with van der Waals surface area (Å²) in [6.07, 6.45) is 0.413. The molecule has 0 aliphatic heterocycles. The van der Waals surface area contributed by atoms with Crippen molar-refractivity contribution in [1.82, 2.24) is 10.6 Å². The summed E-state index contributed by atoms with van der Waals surface area (Å²) in [5.74, 6) is -0.802. The van der Waals surface area contributed by atoms with E-state index in [2.05, 4.69) is 10.6 Å². The van der Waals surface area contributed by atoms with E-state index in [1.807, 2.05) is 38.3 Å². The zero-order chi connectivity index (χ0) is 14.4. The van der Waals surface area contributed by atoms with Gasteiger partial charge < -0.3 is 15.7 Å². The Morgan fingerprint density at radius 1 is 1.32 bits per heavy atom. The van der Waals surface area contributed by atoms with Crippen LogP contribution in [0.25, 0.3) is 0 Å². The molecule has 1 aromatic rings. The van der Waals surface area contributed by atoms with Crippen molar-refractivity contribution in [2.75, 3.05) is 0 Å². The van der Waals surface area contributed by atoms with E-state index in [-0.39, 0.29) is 12.0 Å². The number of carboxylic acid groups (broad SMARTS) is 1. The first-order valence-corrected chi connectivity index (χ1v) is 7.11. The molecule has 0 fully saturated rings. The standard InChI is InChI=1S/C13H20N2O3S/c1-8(2)7-10(12(16)17)15-13(18)14-9(3)11-5-4-6-19-11/h4-6,8-10H,7H2,1-3H3,(H,16,17)(H2,14,15,18)/t9?,10-/m1/s1. The lowest BCUT2D eigenvalue weighted by atomic mass is 10.0. The monoisotopic (exact) mass is 284 g/mol. The molecule has 0 saturated heterocycles. The highest BCUT2D eigenvalue weighted by atomic mass is 32.1. The lowest BCUT2D eigenvalue weighted by Crippen LogP contribution is -2.47. The SMILES string of the molecule is CC(C)C[C@@H](NC(=O)NC(C)c1cccs1)C(=O)O. The molecule has 0 saturated carbocycles. The Bertz CT molecular complexity index is 418. The van der Waals surface area contributed by atoms with Gasteiger partial charge in [0, 0.05) is 4.88 Å². The van der Waals surface area contributed by atoms with Crippen LogP contribution < -0.4 is 10.6 Å². The van der Waals surface area contributed by atoms with Crippen LogP contribution in [0.15, 0.2) is 17.5 Å². The summed E-state index contributed by atoms with van der Waals surface area (Å²) in [7, 11) is 0. The van der Waals surface area contributed by atoms with E-state index in [4.69, 9.17) is 5.11 Å². The molecule has 1 aromatic heterocycles. The smallest absolute Gasteiger partial charge is 0.326 e. The third kappa shape index (κ3) is 5.30. The predicted octanol–water partition coefficient (Wildman–Crippen LogP) is 2.61. The Balaban J connectivity index is 2.51. The molecule has 2 atom stereocenters. The van der Waals surface area contributed by atoms with Crippen molar-refractivity contribution in [2.45, 2.75) is 39.3 Å². The molecule has 0 aliphatic rings. The van der Waals surface area contributed by atoms with Gasteiger partial charge in [0.1, 0.15) is 6.04 Å². The van der Waals surface area contributed by atoms with E-state index < -0.39 is 18.0 Å². The topological polar surface area (TPSA) is 78.4 Å². The summed E-state index contributed by atoms with van der Waals surface area (Å²) in [5, 5.41) is 16.2. The van der Waals surface area contributed by atoms with E-state index in [9.17, 15) is 9.59 Å². The third-order valence-electron chi connectivity index (χ3n) is 2.63. The molecule has 2 amide bonds. The number of urea groups is 1. The van der Waals surface area contributed by atoms with Crippen LogP contribution in [0, 0.1) is 5.92 Å². The summed E-state index contributed by atoms with van der Waals surface area (Å²) in [6.45, 7) is 5.71. The van der Waals surface area contributed by atoms with Crippen molar-refractivity contribution >= 4 is 23.3 Å². The maximum absolute atomic E-state index is 11.8. The number of carbonyl (C=O) groups is 2. The van der Waals surface area contributed by atoms with E-state index in [0.717, 1.165) is 4.88 Å². The summed E-state index contributed by atoms with van der Waals surface area (Å²) < 4.78 is 0. The van der Waals surface area contributed by atoms with Crippen molar-refractivity contribution in [2.24, 2.45) is 5.92 Å². The predicted molar refractivity (Wildman–Crippen MR) is 75.3 cm³/mol. The molecule has 0 aromatic carbocycles. The number of aliphatic carboxylic acids is 1. The fourth-order valence-electron chi connectivity index (χ4n) is 1.70. The minimum Gasteiger partial charge on any atom is -0.480 e. The average Bonchev–Trinajstić information content (AvgIpc) is 2.80. The average molecular weight is 284 g/mol. The van der Waals surface area contributed by atoms with Crippen LogP contribution in [0.4, 0.5) is 4.79 Å². The fourth-order valence-corrected chi connectivity index (χ4v) is 2.43. The van der Waals surface area contributed by atoms with Crippen molar-refractivity contribution in [3.63, 3.8) is 0 Å². The summed E-state index contributed by atoms with van der Waals surface area (Å²) in [5.41, 5.74) is 0. The van der Waals surface area contributed by atoms with Gasteiger partial charge in [0.25, 0.3) is 0 Å². The molecule has 19 heavy (non-hydrogen) atoms. The Hall–Kier alpha value is -1.56. The zero-order valence-electron chi connectivity index (χ0n) is 11.3. The second-order valence-electron chi connectivity index (χ2n) is 4.88. The van der Waals surface area contributed by atoms with Gasteiger partial charge in [-0.2, -0.15) is 0 Å². The largest absolute Gasteiger partial charge is 0.480 e. The minimum absolute atomic E-state index is 0.131. The van der Waals surface area contributed by atoms with E-state index in [0.29, 0.717) is 6.42 Å². The Labute approximate surface area is 117 Å². The Morgan fingerprint density at radius 3 is 2.47 bits per heavy atom. The number of hydrogen-bond donors (Lipinski definition) is 3. The first kappa shape index (κ1) is 15.5. The van der Waals surface area contributed by atoms with Gasteiger partial charge in [0.05, 0.1) is 6.04 Å². The molecule has 0 spiro atoms. The number of carboxylic acids is 1. The van der Waals surface area contributed by atoms with Gasteiger partial charge in [-0.15, -0.1) is 11.3 Å². The van der Waals surface area contributed by atoms with E-state index in [1.165, 1.54) is 0 Å². The van der Waals surface area contributed by atoms with Crippen LogP contribution in [-0.4, -0.2) is 23.1 Å². The van der Waals surface area contributed by atoms with Crippen molar-refractivity contribution in [3.8, 4) is 0 Å². The van der Waals surface area contributed by atoms with Gasteiger partial charge >= 0.3 is 12.0 Å². The molecule has 1 heterocycles. The fraction of sp³-hybridized carbons (Fsp3) is 0.538. The van der Waals surface area contributed by atoms with Gasteiger partial charge in [0.15, 0.2) is 0 Å². The minimum atomic E-state index is -1.01. The number of hydrogen-bond acceptors (Lipinski definition) is 3. The first-order chi connectivity index (χ1) is 8.90. The number of amides is 2. The van der Waals surface area contributed by atoms with Gasteiger partial charge in [-0.1, -0.05) is 19.9 Å². The lowest BCUT2D eigenvalue weighted by Gasteiger charge is -2.19. The van der Waals surface area contributed by atoms with Gasteiger partial charge in [-0.3, -0.25) is 0 Å². The number of carbonyl (C=O) groups excluding carboxylic acids is 1. The van der Waals surface area contributed by atoms with Crippen LogP contribution in [-0.2, 0) is 4.79 Å². The highest BCUT2D eigenvalue weighted by Crippen LogP contribution is 2.17. The Morgan fingerprint density at radius 2 is 2.00 bits per heavy atom. The van der Waals surface area contributed by atoms with Crippen LogP contribution in [0.5, 0.6) is 0 Å².